The van der Waals surface area contributed by atoms with Gasteiger partial charge in [0.2, 0.25) is 5.91 Å². The number of rotatable bonds is 6. The molecule has 0 spiro atoms. The van der Waals surface area contributed by atoms with Crippen LogP contribution >= 0.6 is 34.8 Å². The maximum Gasteiger partial charge on any atom is 0.251 e. The highest BCUT2D eigenvalue weighted by Crippen LogP contribution is 2.22. The Morgan fingerprint density at radius 1 is 1.05 bits per heavy atom. The number of carbonyl (C=O) groups excluding carboxylic acids is 2. The molecule has 1 rings (SSSR count). The predicted molar refractivity (Wildman–Crippen MR) is 77.1 cm³/mol. The quantitative estimate of drug-likeness (QED) is 0.624. The Morgan fingerprint density at radius 2 is 1.74 bits per heavy atom. The van der Waals surface area contributed by atoms with E-state index in [1.807, 2.05) is 0 Å². The van der Waals surface area contributed by atoms with Crippen LogP contribution in [0.25, 0.3) is 0 Å². The molecule has 0 saturated heterocycles. The third kappa shape index (κ3) is 5.68. The normalized spacial score (nSPS) is 10.1. The maximum atomic E-state index is 11.7. The van der Waals surface area contributed by atoms with Gasteiger partial charge in [0.1, 0.15) is 0 Å². The Bertz CT molecular complexity index is 466. The standard InChI is InChI=1S/C12H13Cl3N2O2/c13-4-3-11(18)16-5-6-17-12(19)8-1-2-9(14)10(15)7-8/h1-2,7H,3-6H2,(H,16,18)(H,17,19). The average Bonchev–Trinajstić information content (AvgIpc) is 2.38. The molecule has 0 unspecified atom stereocenters. The number of hydrogen-bond acceptors (Lipinski definition) is 2. The third-order valence-electron chi connectivity index (χ3n) is 2.24. The van der Waals surface area contributed by atoms with Gasteiger partial charge in [-0.3, -0.25) is 9.59 Å². The Morgan fingerprint density at radius 3 is 2.37 bits per heavy atom. The van der Waals surface area contributed by atoms with Crippen LogP contribution in [0.2, 0.25) is 10.0 Å². The highest BCUT2D eigenvalue weighted by atomic mass is 35.5. The van der Waals surface area contributed by atoms with Crippen molar-refractivity contribution in [2.45, 2.75) is 6.42 Å². The van der Waals surface area contributed by atoms with Gasteiger partial charge in [-0.25, -0.2) is 0 Å². The first kappa shape index (κ1) is 16.1. The number of nitrogens with one attached hydrogen (secondary N) is 2. The average molecular weight is 324 g/mol. The summed E-state index contributed by atoms with van der Waals surface area (Å²) in [5.41, 5.74) is 0.418. The summed E-state index contributed by atoms with van der Waals surface area (Å²) in [6, 6.07) is 4.63. The topological polar surface area (TPSA) is 58.2 Å². The molecular weight excluding hydrogens is 311 g/mol. The monoisotopic (exact) mass is 322 g/mol. The fourth-order valence-electron chi connectivity index (χ4n) is 1.29. The van der Waals surface area contributed by atoms with E-state index in [2.05, 4.69) is 10.6 Å². The predicted octanol–water partition coefficient (Wildman–Crippen LogP) is 2.47. The molecule has 0 aromatic heterocycles. The van der Waals surface area contributed by atoms with Crippen molar-refractivity contribution in [1.29, 1.82) is 0 Å². The first-order valence-electron chi connectivity index (χ1n) is 5.60. The van der Waals surface area contributed by atoms with Crippen LogP contribution in [-0.4, -0.2) is 30.8 Å². The zero-order chi connectivity index (χ0) is 14.3. The van der Waals surface area contributed by atoms with Crippen LogP contribution in [0.15, 0.2) is 18.2 Å². The molecule has 0 aliphatic heterocycles. The van der Waals surface area contributed by atoms with E-state index in [1.165, 1.54) is 6.07 Å². The molecule has 0 aliphatic rings. The van der Waals surface area contributed by atoms with Crippen molar-refractivity contribution in [3.63, 3.8) is 0 Å². The highest BCUT2D eigenvalue weighted by molar-refractivity contribution is 6.42. The maximum absolute atomic E-state index is 11.7. The second kappa shape index (κ2) is 8.25. The third-order valence-corrected chi connectivity index (χ3v) is 3.16. The van der Waals surface area contributed by atoms with Gasteiger partial charge in [0.05, 0.1) is 10.0 Å². The fourth-order valence-corrected chi connectivity index (χ4v) is 1.76. The molecule has 0 atom stereocenters. The van der Waals surface area contributed by atoms with E-state index in [1.54, 1.807) is 12.1 Å². The van der Waals surface area contributed by atoms with Crippen molar-refractivity contribution in [2.75, 3.05) is 19.0 Å². The minimum Gasteiger partial charge on any atom is -0.354 e. The van der Waals surface area contributed by atoms with Crippen LogP contribution in [0.4, 0.5) is 0 Å². The van der Waals surface area contributed by atoms with Crippen molar-refractivity contribution in [1.82, 2.24) is 10.6 Å². The van der Waals surface area contributed by atoms with Gasteiger partial charge in [-0.05, 0) is 18.2 Å². The summed E-state index contributed by atoms with van der Waals surface area (Å²) >= 11 is 17.0. The molecule has 7 heteroatoms. The molecule has 2 N–H and O–H groups in total. The van der Waals surface area contributed by atoms with Crippen LogP contribution in [0, 0.1) is 0 Å². The molecule has 0 fully saturated rings. The van der Waals surface area contributed by atoms with E-state index in [9.17, 15) is 9.59 Å². The minimum absolute atomic E-state index is 0.140. The first-order valence-corrected chi connectivity index (χ1v) is 6.89. The zero-order valence-electron chi connectivity index (χ0n) is 10.0. The lowest BCUT2D eigenvalue weighted by Crippen LogP contribution is -2.34. The zero-order valence-corrected chi connectivity index (χ0v) is 12.3. The lowest BCUT2D eigenvalue weighted by Gasteiger charge is -2.07. The molecule has 0 bridgehead atoms. The van der Waals surface area contributed by atoms with Crippen molar-refractivity contribution in [2.24, 2.45) is 0 Å². The molecule has 104 valence electrons. The molecule has 0 saturated carbocycles. The summed E-state index contributed by atoms with van der Waals surface area (Å²) in [6.07, 6.45) is 0.266. The second-order valence-corrected chi connectivity index (χ2v) is 4.87. The van der Waals surface area contributed by atoms with E-state index < -0.39 is 0 Å². The van der Waals surface area contributed by atoms with Gasteiger partial charge in [0.15, 0.2) is 0 Å². The number of carbonyl (C=O) groups is 2. The largest absolute Gasteiger partial charge is 0.354 e. The van der Waals surface area contributed by atoms with E-state index in [0.29, 0.717) is 28.7 Å². The van der Waals surface area contributed by atoms with Gasteiger partial charge in [-0.1, -0.05) is 23.2 Å². The number of halogens is 3. The van der Waals surface area contributed by atoms with Gasteiger partial charge < -0.3 is 10.6 Å². The molecule has 0 radical (unpaired) electrons. The Labute approximate surface area is 126 Å². The summed E-state index contributed by atoms with van der Waals surface area (Å²) in [5.74, 6) is -0.134. The Hall–Kier alpha value is -0.970. The van der Waals surface area contributed by atoms with E-state index >= 15 is 0 Å². The summed E-state index contributed by atoms with van der Waals surface area (Å²) < 4.78 is 0. The van der Waals surface area contributed by atoms with Gasteiger partial charge >= 0.3 is 0 Å². The molecule has 0 aliphatic carbocycles. The molecular formula is C12H13Cl3N2O2. The van der Waals surface area contributed by atoms with Gasteiger partial charge in [-0.15, -0.1) is 11.6 Å². The van der Waals surface area contributed by atoms with Crippen molar-refractivity contribution >= 4 is 46.6 Å². The lowest BCUT2D eigenvalue weighted by atomic mass is 10.2. The number of amides is 2. The fraction of sp³-hybridized carbons (Fsp3) is 0.333. The van der Waals surface area contributed by atoms with Gasteiger partial charge in [0, 0.05) is 31.0 Å². The highest BCUT2D eigenvalue weighted by Gasteiger charge is 2.07. The number of benzene rings is 1. The van der Waals surface area contributed by atoms with Crippen molar-refractivity contribution < 1.29 is 9.59 Å². The van der Waals surface area contributed by atoms with Crippen LogP contribution in [0.3, 0.4) is 0 Å². The van der Waals surface area contributed by atoms with Crippen LogP contribution in [0.1, 0.15) is 16.8 Å². The van der Waals surface area contributed by atoms with E-state index in [4.69, 9.17) is 34.8 Å². The Balaban J connectivity index is 2.35. The Kier molecular flexibility index (Phi) is 6.99. The van der Waals surface area contributed by atoms with Crippen LogP contribution < -0.4 is 10.6 Å². The second-order valence-electron chi connectivity index (χ2n) is 3.67. The SMILES string of the molecule is O=C(CCCl)NCCNC(=O)c1ccc(Cl)c(Cl)c1. The van der Waals surface area contributed by atoms with Gasteiger partial charge in [-0.2, -0.15) is 0 Å². The van der Waals surface area contributed by atoms with E-state index in [0.717, 1.165) is 0 Å². The smallest absolute Gasteiger partial charge is 0.251 e. The molecule has 19 heavy (non-hydrogen) atoms. The molecule has 0 heterocycles. The molecule has 1 aromatic rings. The minimum atomic E-state index is -0.273. The summed E-state index contributed by atoms with van der Waals surface area (Å²) in [7, 11) is 0. The van der Waals surface area contributed by atoms with Crippen LogP contribution in [0.5, 0.6) is 0 Å². The molecule has 1 aromatic carbocycles. The lowest BCUT2D eigenvalue weighted by molar-refractivity contribution is -0.120. The number of hydrogen-bond donors (Lipinski definition) is 2. The summed E-state index contributed by atoms with van der Waals surface area (Å²) in [6.45, 7) is 0.676. The molecule has 2 amide bonds. The van der Waals surface area contributed by atoms with Crippen LogP contribution in [-0.2, 0) is 4.79 Å². The van der Waals surface area contributed by atoms with Crippen molar-refractivity contribution in [3.05, 3.63) is 33.8 Å². The van der Waals surface area contributed by atoms with Gasteiger partial charge in [0.25, 0.3) is 5.91 Å². The van der Waals surface area contributed by atoms with Crippen molar-refractivity contribution in [3.8, 4) is 0 Å². The number of alkyl halides is 1. The van der Waals surface area contributed by atoms with E-state index in [-0.39, 0.29) is 24.1 Å². The first-order chi connectivity index (χ1) is 9.04. The summed E-state index contributed by atoms with van der Waals surface area (Å²) in [4.78, 5) is 22.8. The molecule has 4 nitrogen and oxygen atoms in total. The summed E-state index contributed by atoms with van der Waals surface area (Å²) in [5, 5.41) is 6.00.